The van der Waals surface area contributed by atoms with Gasteiger partial charge in [-0.25, -0.2) is 19.6 Å². The molecule has 16 nitrogen and oxygen atoms in total. The third kappa shape index (κ3) is 9.77. The Morgan fingerprint density at radius 1 is 0.759 bits per heavy atom. The van der Waals surface area contributed by atoms with Crippen molar-refractivity contribution >= 4 is 24.0 Å². The van der Waals surface area contributed by atoms with Crippen LogP contribution in [-0.2, 0) is 54.2 Å². The van der Waals surface area contributed by atoms with Gasteiger partial charge in [-0.05, 0) is 76.3 Å². The van der Waals surface area contributed by atoms with Crippen molar-refractivity contribution in [3.05, 3.63) is 70.8 Å². The highest BCUT2D eigenvalue weighted by Crippen LogP contribution is 2.32. The Balaban J connectivity index is 1.12. The van der Waals surface area contributed by atoms with Crippen molar-refractivity contribution in [3.8, 4) is 0 Å². The number of imidazole rings is 2. The molecule has 16 heteroatoms. The van der Waals surface area contributed by atoms with Crippen molar-refractivity contribution in [2.45, 2.75) is 102 Å². The number of methoxy groups -OCH3 is 4. The topological polar surface area (TPSA) is 193 Å². The predicted octanol–water partition coefficient (Wildman–Crippen LogP) is 3.55. The van der Waals surface area contributed by atoms with Crippen LogP contribution in [0.3, 0.4) is 0 Å². The quantitative estimate of drug-likeness (QED) is 0.168. The molecule has 4 amide bonds. The SMILES string of the molecule is COC(=O)N[C@H](C(=O)N1CCC[C@H]1c1nc(CCc2ccc(CCc3cnc([C@@H]4CCCN4C(=O)[C@@H](NC(=O)OC)[C@@H](C)OC)[nH]3)cc2)c[nH]1)[C@@H](C)OC. The third-order valence-corrected chi connectivity index (χ3v) is 10.5. The van der Waals surface area contributed by atoms with Crippen LogP contribution in [0.2, 0.25) is 0 Å². The lowest BCUT2D eigenvalue weighted by atomic mass is 10.0. The van der Waals surface area contributed by atoms with E-state index >= 15 is 0 Å². The number of H-pyrrole nitrogens is 2. The number of aromatic nitrogens is 4. The molecule has 3 aromatic rings. The highest BCUT2D eigenvalue weighted by atomic mass is 16.5. The molecule has 2 fully saturated rings. The molecule has 6 atom stereocenters. The lowest BCUT2D eigenvalue weighted by Crippen LogP contribution is -2.54. The summed E-state index contributed by atoms with van der Waals surface area (Å²) in [6, 6.07) is 6.40. The van der Waals surface area contributed by atoms with Crippen molar-refractivity contribution in [1.29, 1.82) is 0 Å². The molecule has 0 aliphatic carbocycles. The van der Waals surface area contributed by atoms with Crippen molar-refractivity contribution in [2.75, 3.05) is 41.5 Å². The molecule has 5 rings (SSSR count). The Bertz CT molecular complexity index is 1590. The number of carbonyl (C=O) groups excluding carboxylic acids is 4. The molecule has 294 valence electrons. The van der Waals surface area contributed by atoms with E-state index in [0.29, 0.717) is 13.1 Å². The molecule has 0 unspecified atom stereocenters. The second kappa shape index (κ2) is 18.9. The standard InChI is InChI=1S/C38H54N8O8/c1-23(51-3)31(43-37(49)53-5)35(47)45-19-7-9-29(45)33-39-21-27(41-33)17-15-25-11-13-26(14-12-25)16-18-28-22-40-34(42-28)30-10-8-20-46(30)36(48)32(24(2)52-4)44-38(50)54-6/h11-14,21-24,29-32H,7-10,15-20H2,1-6H3,(H,39,41)(H,40,42)(H,43,49)(H,44,50)/t23-,24-,29+,30+,31+,32+/m1/s1. The van der Waals surface area contributed by atoms with Crippen LogP contribution in [0.4, 0.5) is 9.59 Å². The number of amides is 4. The molecular formula is C38H54N8O8. The number of likely N-dealkylation sites (tertiary alicyclic amines) is 2. The number of aromatic amines is 2. The van der Waals surface area contributed by atoms with Gasteiger partial charge >= 0.3 is 12.2 Å². The maximum absolute atomic E-state index is 13.5. The van der Waals surface area contributed by atoms with Crippen LogP contribution >= 0.6 is 0 Å². The van der Waals surface area contributed by atoms with Crippen LogP contribution in [0, 0.1) is 0 Å². The van der Waals surface area contributed by atoms with Crippen LogP contribution < -0.4 is 10.6 Å². The minimum Gasteiger partial charge on any atom is -0.453 e. The van der Waals surface area contributed by atoms with Crippen LogP contribution in [0.5, 0.6) is 0 Å². The molecule has 2 aliphatic rings. The van der Waals surface area contributed by atoms with Crippen LogP contribution in [-0.4, -0.2) is 120 Å². The average molecular weight is 751 g/mol. The summed E-state index contributed by atoms with van der Waals surface area (Å²) in [7, 11) is 5.53. The lowest BCUT2D eigenvalue weighted by molar-refractivity contribution is -0.138. The molecule has 2 saturated heterocycles. The molecular weight excluding hydrogens is 696 g/mol. The second-order valence-corrected chi connectivity index (χ2v) is 13.9. The summed E-state index contributed by atoms with van der Waals surface area (Å²) < 4.78 is 20.2. The Labute approximate surface area is 316 Å². The molecule has 0 spiro atoms. The van der Waals surface area contributed by atoms with Gasteiger partial charge in [-0.2, -0.15) is 0 Å². The average Bonchev–Trinajstić information content (AvgIpc) is 4.03. The smallest absolute Gasteiger partial charge is 0.407 e. The largest absolute Gasteiger partial charge is 0.453 e. The third-order valence-electron chi connectivity index (χ3n) is 10.5. The minimum atomic E-state index is -0.875. The van der Waals surface area contributed by atoms with Gasteiger partial charge in [0.15, 0.2) is 0 Å². The number of alkyl carbamates (subject to hydrolysis) is 2. The molecule has 4 heterocycles. The fraction of sp³-hybridized carbons (Fsp3) is 0.579. The molecule has 0 radical (unpaired) electrons. The molecule has 54 heavy (non-hydrogen) atoms. The number of nitrogens with zero attached hydrogens (tertiary/aromatic N) is 4. The molecule has 0 saturated carbocycles. The van der Waals surface area contributed by atoms with Crippen LogP contribution in [0.1, 0.15) is 85.8 Å². The van der Waals surface area contributed by atoms with E-state index in [1.807, 2.05) is 12.4 Å². The molecule has 2 aromatic heterocycles. The van der Waals surface area contributed by atoms with E-state index in [0.717, 1.165) is 74.4 Å². The van der Waals surface area contributed by atoms with E-state index in [2.05, 4.69) is 49.9 Å². The van der Waals surface area contributed by atoms with Gasteiger partial charge in [0.25, 0.3) is 0 Å². The zero-order valence-corrected chi connectivity index (χ0v) is 32.1. The summed E-state index contributed by atoms with van der Waals surface area (Å²) in [5, 5.41) is 5.24. The number of hydrogen-bond donors (Lipinski definition) is 4. The first-order chi connectivity index (χ1) is 26.1. The van der Waals surface area contributed by atoms with Gasteiger partial charge in [0.1, 0.15) is 23.7 Å². The predicted molar refractivity (Wildman–Crippen MR) is 197 cm³/mol. The van der Waals surface area contributed by atoms with Gasteiger partial charge in [-0.3, -0.25) is 9.59 Å². The Kier molecular flexibility index (Phi) is 14.1. The monoisotopic (exact) mass is 750 g/mol. The summed E-state index contributed by atoms with van der Waals surface area (Å²) in [5.74, 6) is 1.02. The zero-order valence-electron chi connectivity index (χ0n) is 32.1. The molecule has 2 aliphatic heterocycles. The number of carbonyl (C=O) groups is 4. The summed E-state index contributed by atoms with van der Waals surface area (Å²) in [4.78, 5) is 70.7. The minimum absolute atomic E-state index is 0.213. The second-order valence-electron chi connectivity index (χ2n) is 13.9. The van der Waals surface area contributed by atoms with E-state index in [-0.39, 0.29) is 23.9 Å². The first-order valence-corrected chi connectivity index (χ1v) is 18.6. The fourth-order valence-electron chi connectivity index (χ4n) is 7.16. The highest BCUT2D eigenvalue weighted by Gasteiger charge is 2.40. The van der Waals surface area contributed by atoms with Crippen molar-refractivity contribution in [1.82, 2.24) is 40.4 Å². The Morgan fingerprint density at radius 2 is 1.26 bits per heavy atom. The maximum atomic E-state index is 13.5. The van der Waals surface area contributed by atoms with Gasteiger partial charge < -0.3 is 49.3 Å². The number of benzene rings is 1. The van der Waals surface area contributed by atoms with Crippen molar-refractivity contribution < 1.29 is 38.1 Å². The van der Waals surface area contributed by atoms with Gasteiger partial charge in [0, 0.05) is 45.4 Å². The number of ether oxygens (including phenoxy) is 4. The number of aryl methyl sites for hydroxylation is 4. The Morgan fingerprint density at radius 3 is 1.76 bits per heavy atom. The first-order valence-electron chi connectivity index (χ1n) is 18.6. The van der Waals surface area contributed by atoms with Gasteiger partial charge in [-0.15, -0.1) is 0 Å². The molecule has 1 aromatic carbocycles. The van der Waals surface area contributed by atoms with E-state index in [1.54, 1.807) is 23.6 Å². The zero-order chi connectivity index (χ0) is 38.8. The van der Waals surface area contributed by atoms with E-state index in [4.69, 9.17) is 23.9 Å². The molecule has 0 bridgehead atoms. The van der Waals surface area contributed by atoms with Gasteiger partial charge in [0.05, 0.1) is 44.2 Å². The summed E-state index contributed by atoms with van der Waals surface area (Å²) >= 11 is 0. The van der Waals surface area contributed by atoms with Gasteiger partial charge in [0.2, 0.25) is 11.8 Å². The van der Waals surface area contributed by atoms with E-state index in [1.165, 1.54) is 39.6 Å². The van der Waals surface area contributed by atoms with Gasteiger partial charge in [-0.1, -0.05) is 24.3 Å². The number of rotatable bonds is 16. The highest BCUT2D eigenvalue weighted by molar-refractivity contribution is 5.87. The lowest BCUT2D eigenvalue weighted by Gasteiger charge is -2.30. The summed E-state index contributed by atoms with van der Waals surface area (Å²) in [6.45, 7) is 4.61. The number of hydrogen-bond acceptors (Lipinski definition) is 10. The fourth-order valence-corrected chi connectivity index (χ4v) is 7.16. The summed E-state index contributed by atoms with van der Waals surface area (Å²) in [6.07, 6.45) is 7.66. The molecule has 4 N–H and O–H groups in total. The van der Waals surface area contributed by atoms with E-state index < -0.39 is 36.5 Å². The van der Waals surface area contributed by atoms with Crippen molar-refractivity contribution in [2.24, 2.45) is 0 Å². The van der Waals surface area contributed by atoms with E-state index in [9.17, 15) is 19.2 Å². The van der Waals surface area contributed by atoms with Crippen LogP contribution in [0.25, 0.3) is 0 Å². The Hall–Kier alpha value is -4.96. The first kappa shape index (κ1) is 40.2. The maximum Gasteiger partial charge on any atom is 0.407 e. The normalized spacial score (nSPS) is 19.2. The van der Waals surface area contributed by atoms with Crippen molar-refractivity contribution in [3.63, 3.8) is 0 Å². The summed E-state index contributed by atoms with van der Waals surface area (Å²) in [5.41, 5.74) is 4.31. The van der Waals surface area contributed by atoms with Crippen LogP contribution in [0.15, 0.2) is 36.7 Å². The number of nitrogens with one attached hydrogen (secondary N) is 4.